The molecule has 24 heavy (non-hydrogen) atoms. The molecule has 0 aliphatic rings. The van der Waals surface area contributed by atoms with Gasteiger partial charge in [-0.15, -0.1) is 5.10 Å². The maximum absolute atomic E-state index is 13.4. The first-order valence-corrected chi connectivity index (χ1v) is 7.16. The van der Waals surface area contributed by atoms with Crippen LogP contribution in [0.3, 0.4) is 0 Å². The number of rotatable bonds is 3. The van der Waals surface area contributed by atoms with Crippen LogP contribution in [-0.2, 0) is 6.18 Å². The minimum Gasteiger partial charge on any atom is -0.240 e. The zero-order valence-corrected chi connectivity index (χ0v) is 12.9. The van der Waals surface area contributed by atoms with Crippen molar-refractivity contribution in [2.24, 2.45) is 0 Å². The second-order valence-corrected chi connectivity index (χ2v) is 5.39. The van der Waals surface area contributed by atoms with E-state index in [0.29, 0.717) is 5.69 Å². The summed E-state index contributed by atoms with van der Waals surface area (Å²) in [4.78, 5) is 7.71. The molecule has 0 aliphatic carbocycles. The minimum atomic E-state index is -4.64. The number of para-hydroxylation sites is 1. The lowest BCUT2D eigenvalue weighted by Gasteiger charge is -2.13. The largest absolute Gasteiger partial charge is 0.434 e. The normalized spacial score (nSPS) is 11.9. The first-order valence-electron chi connectivity index (χ1n) is 7.16. The second-order valence-electron chi connectivity index (χ2n) is 5.39. The summed E-state index contributed by atoms with van der Waals surface area (Å²) >= 11 is 0. The van der Waals surface area contributed by atoms with Crippen LogP contribution in [0, 0.1) is 0 Å². The van der Waals surface area contributed by atoms with E-state index >= 15 is 0 Å². The van der Waals surface area contributed by atoms with E-state index in [-0.39, 0.29) is 23.1 Å². The Kier molecular flexibility index (Phi) is 4.00. The summed E-state index contributed by atoms with van der Waals surface area (Å²) in [5.74, 6) is -0.182. The Morgan fingerprint density at radius 1 is 1.08 bits per heavy atom. The lowest BCUT2D eigenvalue weighted by atomic mass is 10.1. The number of hydrogen-bond donors (Lipinski definition) is 0. The van der Waals surface area contributed by atoms with E-state index in [4.69, 9.17) is 0 Å². The standard InChI is InChI=1S/C15H13F3N6/c1-9(2)13-19-8-11(12(20-13)15(16,17)18)14-21-22-23-24(14)10-6-4-3-5-7-10/h3-9H,1-2H3. The quantitative estimate of drug-likeness (QED) is 0.735. The molecule has 6 nitrogen and oxygen atoms in total. The molecule has 0 fully saturated rings. The van der Waals surface area contributed by atoms with E-state index in [1.54, 1.807) is 44.2 Å². The Balaban J connectivity index is 2.19. The predicted octanol–water partition coefficient (Wildman–Crippen LogP) is 3.26. The van der Waals surface area contributed by atoms with Crippen LogP contribution in [0.15, 0.2) is 36.5 Å². The third-order valence-electron chi connectivity index (χ3n) is 3.30. The first-order chi connectivity index (χ1) is 11.4. The zero-order chi connectivity index (χ0) is 17.3. The Labute approximate surface area is 135 Å². The molecule has 0 radical (unpaired) electrons. The molecule has 2 aromatic heterocycles. The topological polar surface area (TPSA) is 69.4 Å². The molecule has 0 atom stereocenters. The number of halogens is 3. The monoisotopic (exact) mass is 334 g/mol. The van der Waals surface area contributed by atoms with Gasteiger partial charge in [0, 0.05) is 12.1 Å². The molecule has 1 aromatic carbocycles. The van der Waals surface area contributed by atoms with Crippen molar-refractivity contribution in [1.82, 2.24) is 30.2 Å². The minimum absolute atomic E-state index is 0.0659. The van der Waals surface area contributed by atoms with Gasteiger partial charge in [0.25, 0.3) is 0 Å². The van der Waals surface area contributed by atoms with Gasteiger partial charge in [-0.05, 0) is 22.6 Å². The zero-order valence-electron chi connectivity index (χ0n) is 12.9. The summed E-state index contributed by atoms with van der Waals surface area (Å²) in [7, 11) is 0. The van der Waals surface area contributed by atoms with Crippen molar-refractivity contribution < 1.29 is 13.2 Å². The molecular formula is C15H13F3N6. The van der Waals surface area contributed by atoms with Crippen LogP contribution < -0.4 is 0 Å². The fourth-order valence-corrected chi connectivity index (χ4v) is 2.15. The van der Waals surface area contributed by atoms with E-state index in [1.807, 2.05) is 0 Å². The Morgan fingerprint density at radius 2 is 1.79 bits per heavy atom. The molecule has 3 aromatic rings. The van der Waals surface area contributed by atoms with E-state index < -0.39 is 11.9 Å². The summed E-state index contributed by atoms with van der Waals surface area (Å²) in [5.41, 5.74) is -0.771. The van der Waals surface area contributed by atoms with Crippen molar-refractivity contribution in [2.75, 3.05) is 0 Å². The highest BCUT2D eigenvalue weighted by Gasteiger charge is 2.38. The number of alkyl halides is 3. The second kappa shape index (κ2) is 5.99. The van der Waals surface area contributed by atoms with Crippen molar-refractivity contribution in [3.63, 3.8) is 0 Å². The smallest absolute Gasteiger partial charge is 0.240 e. The fraction of sp³-hybridized carbons (Fsp3) is 0.267. The average molecular weight is 334 g/mol. The Hall–Kier alpha value is -2.84. The molecule has 0 N–H and O–H groups in total. The van der Waals surface area contributed by atoms with Gasteiger partial charge in [-0.25, -0.2) is 9.97 Å². The van der Waals surface area contributed by atoms with Crippen LogP contribution in [0.2, 0.25) is 0 Å². The van der Waals surface area contributed by atoms with E-state index in [1.165, 1.54) is 4.68 Å². The number of benzene rings is 1. The van der Waals surface area contributed by atoms with Gasteiger partial charge < -0.3 is 0 Å². The number of aromatic nitrogens is 6. The maximum Gasteiger partial charge on any atom is 0.434 e. The van der Waals surface area contributed by atoms with Gasteiger partial charge in [0.15, 0.2) is 11.5 Å². The summed E-state index contributed by atoms with van der Waals surface area (Å²) in [5, 5.41) is 11.0. The van der Waals surface area contributed by atoms with Crippen molar-refractivity contribution in [3.05, 3.63) is 48.0 Å². The summed E-state index contributed by atoms with van der Waals surface area (Å²) in [6, 6.07) is 8.65. The summed E-state index contributed by atoms with van der Waals surface area (Å²) in [6.45, 7) is 3.45. The molecule has 2 heterocycles. The Bertz CT molecular complexity index is 842. The lowest BCUT2D eigenvalue weighted by Crippen LogP contribution is -2.15. The van der Waals surface area contributed by atoms with E-state index in [9.17, 15) is 13.2 Å². The van der Waals surface area contributed by atoms with Crippen LogP contribution >= 0.6 is 0 Å². The van der Waals surface area contributed by atoms with Gasteiger partial charge in [0.05, 0.1) is 11.3 Å². The average Bonchev–Trinajstić information content (AvgIpc) is 3.03. The van der Waals surface area contributed by atoms with Crippen LogP contribution in [0.25, 0.3) is 17.1 Å². The predicted molar refractivity (Wildman–Crippen MR) is 79.3 cm³/mol. The number of tetrazole rings is 1. The van der Waals surface area contributed by atoms with Crippen molar-refractivity contribution in [2.45, 2.75) is 25.9 Å². The SMILES string of the molecule is CC(C)c1ncc(-c2nnnn2-c2ccccc2)c(C(F)(F)F)n1. The lowest BCUT2D eigenvalue weighted by molar-refractivity contribution is -0.140. The third kappa shape index (κ3) is 2.97. The van der Waals surface area contributed by atoms with Crippen LogP contribution in [0.1, 0.15) is 31.3 Å². The third-order valence-corrected chi connectivity index (χ3v) is 3.30. The number of hydrogen-bond acceptors (Lipinski definition) is 5. The van der Waals surface area contributed by atoms with Gasteiger partial charge >= 0.3 is 6.18 Å². The molecule has 9 heteroatoms. The van der Waals surface area contributed by atoms with E-state index in [2.05, 4.69) is 25.5 Å². The molecule has 0 spiro atoms. The van der Waals surface area contributed by atoms with Crippen molar-refractivity contribution in [3.8, 4) is 17.1 Å². The highest BCUT2D eigenvalue weighted by atomic mass is 19.4. The van der Waals surface area contributed by atoms with Crippen LogP contribution in [0.5, 0.6) is 0 Å². The maximum atomic E-state index is 13.4. The van der Waals surface area contributed by atoms with Gasteiger partial charge in [-0.3, -0.25) is 0 Å². The molecule has 0 amide bonds. The van der Waals surface area contributed by atoms with Crippen LogP contribution in [-0.4, -0.2) is 30.2 Å². The summed E-state index contributed by atoms with van der Waals surface area (Å²) in [6.07, 6.45) is -3.52. The molecule has 3 rings (SSSR count). The Morgan fingerprint density at radius 3 is 2.42 bits per heavy atom. The first kappa shape index (κ1) is 16.0. The molecule has 0 saturated carbocycles. The highest BCUT2D eigenvalue weighted by molar-refractivity contribution is 5.60. The van der Waals surface area contributed by atoms with Gasteiger partial charge in [0.2, 0.25) is 0 Å². The van der Waals surface area contributed by atoms with Gasteiger partial charge in [-0.2, -0.15) is 17.9 Å². The van der Waals surface area contributed by atoms with Gasteiger partial charge in [-0.1, -0.05) is 32.0 Å². The molecule has 0 aliphatic heterocycles. The van der Waals surface area contributed by atoms with Crippen molar-refractivity contribution in [1.29, 1.82) is 0 Å². The highest BCUT2D eigenvalue weighted by Crippen LogP contribution is 2.35. The molecule has 124 valence electrons. The van der Waals surface area contributed by atoms with E-state index in [0.717, 1.165) is 6.20 Å². The van der Waals surface area contributed by atoms with Gasteiger partial charge in [0.1, 0.15) is 5.82 Å². The van der Waals surface area contributed by atoms with Crippen molar-refractivity contribution >= 4 is 0 Å². The summed E-state index contributed by atoms with van der Waals surface area (Å²) < 4.78 is 41.6. The van der Waals surface area contributed by atoms with Crippen LogP contribution in [0.4, 0.5) is 13.2 Å². The fourth-order valence-electron chi connectivity index (χ4n) is 2.15. The molecule has 0 saturated heterocycles. The molecular weight excluding hydrogens is 321 g/mol. The molecule has 0 unspecified atom stereocenters. The number of nitrogens with zero attached hydrogens (tertiary/aromatic N) is 6. The molecule has 0 bridgehead atoms.